The molecular weight excluding hydrogens is 298 g/mol. The molecular formula is C16H13N3O4. The number of aromatic carboxylic acids is 1. The van der Waals surface area contributed by atoms with E-state index in [1.807, 2.05) is 34.9 Å². The summed E-state index contributed by atoms with van der Waals surface area (Å²) >= 11 is 0. The molecule has 2 aromatic heterocycles. The Balaban J connectivity index is 2.00. The SMILES string of the molecule is O=C(O)c1cn(Cc2nccn2-c2ccccc2)cc(O)c1=O. The zero-order chi connectivity index (χ0) is 16.4. The molecule has 2 N–H and O–H groups in total. The minimum Gasteiger partial charge on any atom is -0.503 e. The van der Waals surface area contributed by atoms with E-state index in [0.717, 1.165) is 5.69 Å². The fourth-order valence-electron chi connectivity index (χ4n) is 2.30. The van der Waals surface area contributed by atoms with Crippen molar-refractivity contribution in [2.45, 2.75) is 6.54 Å². The van der Waals surface area contributed by atoms with Crippen molar-refractivity contribution in [1.82, 2.24) is 14.1 Å². The molecule has 116 valence electrons. The summed E-state index contributed by atoms with van der Waals surface area (Å²) in [5.74, 6) is -1.36. The minimum atomic E-state index is -1.38. The van der Waals surface area contributed by atoms with Crippen molar-refractivity contribution in [3.05, 3.63) is 76.7 Å². The highest BCUT2D eigenvalue weighted by Crippen LogP contribution is 2.12. The van der Waals surface area contributed by atoms with E-state index in [-0.39, 0.29) is 6.54 Å². The molecule has 0 aliphatic rings. The van der Waals surface area contributed by atoms with Gasteiger partial charge in [0.05, 0.1) is 12.7 Å². The Morgan fingerprint density at radius 3 is 2.61 bits per heavy atom. The van der Waals surface area contributed by atoms with Gasteiger partial charge in [-0.05, 0) is 12.1 Å². The van der Waals surface area contributed by atoms with Crippen LogP contribution in [0, 0.1) is 0 Å². The third kappa shape index (κ3) is 2.84. The molecule has 0 atom stereocenters. The lowest BCUT2D eigenvalue weighted by molar-refractivity contribution is 0.0694. The van der Waals surface area contributed by atoms with Gasteiger partial charge in [0.2, 0.25) is 5.43 Å². The number of carboxylic acids is 1. The highest BCUT2D eigenvalue weighted by Gasteiger charge is 2.14. The van der Waals surface area contributed by atoms with E-state index in [9.17, 15) is 14.7 Å². The minimum absolute atomic E-state index is 0.204. The fraction of sp³-hybridized carbons (Fsp3) is 0.0625. The molecule has 0 unspecified atom stereocenters. The van der Waals surface area contributed by atoms with Gasteiger partial charge >= 0.3 is 5.97 Å². The number of carboxylic acid groups (broad SMARTS) is 1. The first-order valence-electron chi connectivity index (χ1n) is 6.80. The van der Waals surface area contributed by atoms with Crippen molar-refractivity contribution in [3.8, 4) is 11.4 Å². The molecule has 3 aromatic rings. The largest absolute Gasteiger partial charge is 0.503 e. The number of rotatable bonds is 4. The maximum atomic E-state index is 11.6. The summed E-state index contributed by atoms with van der Waals surface area (Å²) in [5, 5.41) is 18.6. The van der Waals surface area contributed by atoms with Crippen molar-refractivity contribution in [2.24, 2.45) is 0 Å². The van der Waals surface area contributed by atoms with Crippen LogP contribution in [0.1, 0.15) is 16.2 Å². The number of aromatic nitrogens is 3. The van der Waals surface area contributed by atoms with Gasteiger partial charge in [-0.3, -0.25) is 4.79 Å². The van der Waals surface area contributed by atoms with Crippen molar-refractivity contribution in [3.63, 3.8) is 0 Å². The number of imidazole rings is 1. The Morgan fingerprint density at radius 1 is 1.17 bits per heavy atom. The summed E-state index contributed by atoms with van der Waals surface area (Å²) < 4.78 is 3.26. The van der Waals surface area contributed by atoms with E-state index < -0.39 is 22.7 Å². The highest BCUT2D eigenvalue weighted by atomic mass is 16.4. The fourth-order valence-corrected chi connectivity index (χ4v) is 2.30. The number of pyridine rings is 1. The monoisotopic (exact) mass is 311 g/mol. The van der Waals surface area contributed by atoms with E-state index in [2.05, 4.69) is 4.98 Å². The summed E-state index contributed by atoms with van der Waals surface area (Å²) in [5.41, 5.74) is -0.480. The first-order valence-corrected chi connectivity index (χ1v) is 6.80. The molecule has 0 fully saturated rings. The average molecular weight is 311 g/mol. The van der Waals surface area contributed by atoms with Gasteiger partial charge in [-0.25, -0.2) is 9.78 Å². The second-order valence-corrected chi connectivity index (χ2v) is 4.91. The summed E-state index contributed by atoms with van der Waals surface area (Å²) in [6.45, 7) is 0.204. The molecule has 0 amide bonds. The summed E-state index contributed by atoms with van der Waals surface area (Å²) in [4.78, 5) is 26.9. The van der Waals surface area contributed by atoms with Gasteiger partial charge in [0.25, 0.3) is 0 Å². The van der Waals surface area contributed by atoms with Crippen LogP contribution in [-0.4, -0.2) is 30.3 Å². The Labute approximate surface area is 130 Å². The second kappa shape index (κ2) is 5.80. The Morgan fingerprint density at radius 2 is 1.91 bits per heavy atom. The molecule has 23 heavy (non-hydrogen) atoms. The Bertz CT molecular complexity index is 913. The predicted molar refractivity (Wildman–Crippen MR) is 82.0 cm³/mol. The zero-order valence-corrected chi connectivity index (χ0v) is 12.0. The lowest BCUT2D eigenvalue weighted by atomic mass is 10.2. The number of carbonyl (C=O) groups is 1. The molecule has 2 heterocycles. The maximum Gasteiger partial charge on any atom is 0.341 e. The smallest absolute Gasteiger partial charge is 0.341 e. The molecule has 0 saturated carbocycles. The van der Waals surface area contributed by atoms with Crippen LogP contribution in [0.25, 0.3) is 5.69 Å². The van der Waals surface area contributed by atoms with Crippen LogP contribution in [0.3, 0.4) is 0 Å². The molecule has 0 aliphatic heterocycles. The topological polar surface area (TPSA) is 97.3 Å². The molecule has 0 radical (unpaired) electrons. The Kier molecular flexibility index (Phi) is 3.68. The molecule has 0 spiro atoms. The maximum absolute atomic E-state index is 11.6. The van der Waals surface area contributed by atoms with Crippen molar-refractivity contribution < 1.29 is 15.0 Å². The quantitative estimate of drug-likeness (QED) is 0.760. The number of hydrogen-bond acceptors (Lipinski definition) is 4. The van der Waals surface area contributed by atoms with Gasteiger partial charge in [-0.1, -0.05) is 18.2 Å². The van der Waals surface area contributed by atoms with Gasteiger partial charge in [-0.2, -0.15) is 0 Å². The van der Waals surface area contributed by atoms with Gasteiger partial charge in [0.15, 0.2) is 5.75 Å². The van der Waals surface area contributed by atoms with Crippen LogP contribution in [0.4, 0.5) is 0 Å². The van der Waals surface area contributed by atoms with Crippen molar-refractivity contribution in [2.75, 3.05) is 0 Å². The lowest BCUT2D eigenvalue weighted by Gasteiger charge is -2.11. The van der Waals surface area contributed by atoms with Gasteiger partial charge < -0.3 is 19.3 Å². The number of para-hydroxylation sites is 1. The van der Waals surface area contributed by atoms with Crippen LogP contribution >= 0.6 is 0 Å². The molecule has 0 bridgehead atoms. The van der Waals surface area contributed by atoms with Crippen LogP contribution in [0.15, 0.2) is 59.9 Å². The average Bonchev–Trinajstić information content (AvgIpc) is 2.99. The van der Waals surface area contributed by atoms with Crippen LogP contribution in [0.5, 0.6) is 5.75 Å². The molecule has 1 aromatic carbocycles. The highest BCUT2D eigenvalue weighted by molar-refractivity contribution is 5.87. The van der Waals surface area contributed by atoms with E-state index in [1.165, 1.54) is 17.0 Å². The third-order valence-electron chi connectivity index (χ3n) is 3.37. The van der Waals surface area contributed by atoms with E-state index in [0.29, 0.717) is 5.82 Å². The van der Waals surface area contributed by atoms with E-state index in [1.54, 1.807) is 12.4 Å². The first kappa shape index (κ1) is 14.6. The molecule has 7 nitrogen and oxygen atoms in total. The van der Waals surface area contributed by atoms with Crippen molar-refractivity contribution in [1.29, 1.82) is 0 Å². The number of nitrogens with zero attached hydrogens (tertiary/aromatic N) is 3. The summed E-state index contributed by atoms with van der Waals surface area (Å²) in [6.07, 6.45) is 5.79. The summed E-state index contributed by atoms with van der Waals surface area (Å²) in [6, 6.07) is 9.52. The molecule has 0 aliphatic carbocycles. The normalized spacial score (nSPS) is 10.6. The predicted octanol–water partition coefficient (Wildman–Crippen LogP) is 1.49. The zero-order valence-electron chi connectivity index (χ0n) is 12.0. The molecule has 3 rings (SSSR count). The number of hydrogen-bond donors (Lipinski definition) is 2. The Hall–Kier alpha value is -3.35. The van der Waals surface area contributed by atoms with Gasteiger partial charge in [-0.15, -0.1) is 0 Å². The van der Waals surface area contributed by atoms with E-state index >= 15 is 0 Å². The van der Waals surface area contributed by atoms with Crippen molar-refractivity contribution >= 4 is 5.97 Å². The summed E-state index contributed by atoms with van der Waals surface area (Å²) in [7, 11) is 0. The standard InChI is InChI=1S/C16H13N3O4/c20-13-9-18(8-12(15(13)21)16(22)23)10-14-17-6-7-19(14)11-4-2-1-3-5-11/h1-9,20H,10H2,(H,22,23). The lowest BCUT2D eigenvalue weighted by Crippen LogP contribution is -2.18. The van der Waals surface area contributed by atoms with Crippen LogP contribution in [0.2, 0.25) is 0 Å². The number of aromatic hydroxyl groups is 1. The molecule has 0 saturated heterocycles. The van der Waals surface area contributed by atoms with Crippen LogP contribution < -0.4 is 5.43 Å². The third-order valence-corrected chi connectivity index (χ3v) is 3.37. The van der Waals surface area contributed by atoms with E-state index in [4.69, 9.17) is 5.11 Å². The van der Waals surface area contributed by atoms with Gasteiger partial charge in [0, 0.05) is 24.3 Å². The van der Waals surface area contributed by atoms with Gasteiger partial charge in [0.1, 0.15) is 11.4 Å². The van der Waals surface area contributed by atoms with Crippen LogP contribution in [-0.2, 0) is 6.54 Å². The second-order valence-electron chi connectivity index (χ2n) is 4.91. The number of benzene rings is 1. The first-order chi connectivity index (χ1) is 11.1. The molecule has 7 heteroatoms.